The summed E-state index contributed by atoms with van der Waals surface area (Å²) in [6.45, 7) is 11.6. The first-order chi connectivity index (χ1) is 17.0. The predicted molar refractivity (Wildman–Crippen MR) is 141 cm³/mol. The maximum Gasteiger partial charge on any atom is 0.271 e. The number of ether oxygens (including phenoxy) is 1. The zero-order valence-corrected chi connectivity index (χ0v) is 23.1. The minimum atomic E-state index is -1.21. The molecule has 0 fully saturated rings. The van der Waals surface area contributed by atoms with Crippen LogP contribution < -0.4 is 5.32 Å². The number of hydrogen-bond acceptors (Lipinski definition) is 6. The Kier molecular flexibility index (Phi) is 9.08. The van der Waals surface area contributed by atoms with Crippen molar-refractivity contribution in [1.29, 1.82) is 5.26 Å². The van der Waals surface area contributed by atoms with Crippen molar-refractivity contribution in [3.05, 3.63) is 58.8 Å². The van der Waals surface area contributed by atoms with E-state index in [0.717, 1.165) is 17.3 Å². The summed E-state index contributed by atoms with van der Waals surface area (Å²) in [5.41, 5.74) is 2.16. The molecule has 11 heteroatoms. The molecule has 0 spiro atoms. The molecule has 0 radical (unpaired) electrons. The molecule has 36 heavy (non-hydrogen) atoms. The second-order valence-corrected chi connectivity index (χ2v) is 16.1. The van der Waals surface area contributed by atoms with Gasteiger partial charge in [0.2, 0.25) is 0 Å². The van der Waals surface area contributed by atoms with E-state index in [4.69, 9.17) is 21.6 Å². The molecule has 192 valence electrons. The van der Waals surface area contributed by atoms with Crippen molar-refractivity contribution in [1.82, 2.24) is 24.6 Å². The number of carbonyl (C=O) groups is 1. The molecule has 0 aliphatic rings. The SMILES string of the molecule is CC(Cn1ccc(-c2ccc(C#N)c(Cl)c2)n1)NC(=O)c1cn(COCC[Si](C)(C)C)c(C(C)O)n1. The fourth-order valence-electron chi connectivity index (χ4n) is 3.52. The number of rotatable bonds is 11. The number of hydrogen-bond donors (Lipinski definition) is 2. The average molecular weight is 529 g/mol. The number of amides is 1. The highest BCUT2D eigenvalue weighted by atomic mass is 35.5. The van der Waals surface area contributed by atoms with Gasteiger partial charge in [-0.15, -0.1) is 0 Å². The molecule has 2 heterocycles. The first-order valence-corrected chi connectivity index (χ1v) is 15.9. The van der Waals surface area contributed by atoms with Crippen LogP contribution in [0.1, 0.15) is 41.8 Å². The minimum absolute atomic E-state index is 0.222. The Balaban J connectivity index is 1.60. The second kappa shape index (κ2) is 11.8. The summed E-state index contributed by atoms with van der Waals surface area (Å²) in [5, 5.41) is 27.0. The quantitative estimate of drug-likeness (QED) is 0.280. The highest BCUT2D eigenvalue weighted by molar-refractivity contribution is 6.76. The van der Waals surface area contributed by atoms with Crippen LogP contribution in [0, 0.1) is 11.3 Å². The van der Waals surface area contributed by atoms with E-state index >= 15 is 0 Å². The van der Waals surface area contributed by atoms with E-state index in [2.05, 4.69) is 35.0 Å². The maximum atomic E-state index is 12.8. The molecule has 1 amide bonds. The Morgan fingerprint density at radius 1 is 1.31 bits per heavy atom. The van der Waals surface area contributed by atoms with Gasteiger partial charge in [0, 0.05) is 38.7 Å². The Morgan fingerprint density at radius 2 is 2.06 bits per heavy atom. The Labute approximate surface area is 217 Å². The van der Waals surface area contributed by atoms with E-state index in [-0.39, 0.29) is 24.4 Å². The summed E-state index contributed by atoms with van der Waals surface area (Å²) in [5.74, 6) is 0.0510. The van der Waals surface area contributed by atoms with E-state index in [1.165, 1.54) is 0 Å². The van der Waals surface area contributed by atoms with Gasteiger partial charge in [0.05, 0.1) is 22.8 Å². The normalized spacial score (nSPS) is 13.3. The van der Waals surface area contributed by atoms with Gasteiger partial charge in [0.1, 0.15) is 30.4 Å². The van der Waals surface area contributed by atoms with Crippen molar-refractivity contribution in [2.45, 2.75) is 65.0 Å². The van der Waals surface area contributed by atoms with Crippen molar-refractivity contribution in [2.75, 3.05) is 6.61 Å². The molecule has 3 rings (SSSR count). The van der Waals surface area contributed by atoms with Gasteiger partial charge in [-0.25, -0.2) is 4.98 Å². The minimum Gasteiger partial charge on any atom is -0.385 e. The topological polar surface area (TPSA) is 118 Å². The number of nitrogens with zero attached hydrogens (tertiary/aromatic N) is 5. The van der Waals surface area contributed by atoms with Crippen molar-refractivity contribution in [3.8, 4) is 17.3 Å². The van der Waals surface area contributed by atoms with Gasteiger partial charge >= 0.3 is 0 Å². The molecule has 0 bridgehead atoms. The second-order valence-electron chi connectivity index (χ2n) is 10.1. The first-order valence-electron chi connectivity index (χ1n) is 11.8. The molecule has 3 aromatic rings. The van der Waals surface area contributed by atoms with Crippen LogP contribution in [0.5, 0.6) is 0 Å². The van der Waals surface area contributed by atoms with Gasteiger partial charge in [0.25, 0.3) is 5.91 Å². The number of aromatic nitrogens is 4. The third-order valence-electron chi connectivity index (χ3n) is 5.50. The number of nitriles is 1. The first kappa shape index (κ1) is 27.6. The zero-order valence-electron chi connectivity index (χ0n) is 21.3. The fourth-order valence-corrected chi connectivity index (χ4v) is 4.50. The van der Waals surface area contributed by atoms with Crippen LogP contribution in [0.15, 0.2) is 36.7 Å². The Bertz CT molecular complexity index is 1240. The summed E-state index contributed by atoms with van der Waals surface area (Å²) in [6, 6.07) is 9.87. The van der Waals surface area contributed by atoms with Crippen LogP contribution in [0.25, 0.3) is 11.3 Å². The van der Waals surface area contributed by atoms with Gasteiger partial charge < -0.3 is 19.7 Å². The molecular weight excluding hydrogens is 496 g/mol. The molecule has 1 aromatic carbocycles. The van der Waals surface area contributed by atoms with Crippen molar-refractivity contribution >= 4 is 25.6 Å². The molecule has 9 nitrogen and oxygen atoms in total. The highest BCUT2D eigenvalue weighted by Crippen LogP contribution is 2.24. The van der Waals surface area contributed by atoms with Crippen LogP contribution >= 0.6 is 11.6 Å². The van der Waals surface area contributed by atoms with Crippen molar-refractivity contribution in [3.63, 3.8) is 0 Å². The summed E-state index contributed by atoms with van der Waals surface area (Å²) >= 11 is 6.14. The Morgan fingerprint density at radius 3 is 2.69 bits per heavy atom. The maximum absolute atomic E-state index is 12.8. The van der Waals surface area contributed by atoms with Crippen LogP contribution in [0.3, 0.4) is 0 Å². The third-order valence-corrected chi connectivity index (χ3v) is 7.52. The summed E-state index contributed by atoms with van der Waals surface area (Å²) < 4.78 is 9.19. The molecule has 0 aliphatic heterocycles. The molecule has 0 saturated carbocycles. The Hall–Kier alpha value is -2.97. The summed E-state index contributed by atoms with van der Waals surface area (Å²) in [6.07, 6.45) is 2.60. The van der Waals surface area contributed by atoms with Crippen molar-refractivity contribution in [2.24, 2.45) is 0 Å². The van der Waals surface area contributed by atoms with E-state index in [1.807, 2.05) is 25.3 Å². The van der Waals surface area contributed by atoms with Crippen LogP contribution in [-0.4, -0.2) is 51.1 Å². The average Bonchev–Trinajstić information content (AvgIpc) is 3.43. The largest absolute Gasteiger partial charge is 0.385 e. The monoisotopic (exact) mass is 528 g/mol. The molecule has 2 atom stereocenters. The number of imidazole rings is 1. The van der Waals surface area contributed by atoms with Gasteiger partial charge in [0.15, 0.2) is 0 Å². The van der Waals surface area contributed by atoms with E-state index in [9.17, 15) is 9.90 Å². The lowest BCUT2D eigenvalue weighted by atomic mass is 10.1. The molecule has 0 aliphatic carbocycles. The number of aliphatic hydroxyl groups is 1. The fraction of sp³-hybridized carbons (Fsp3) is 0.440. The van der Waals surface area contributed by atoms with E-state index < -0.39 is 14.2 Å². The number of nitrogens with one attached hydrogen (secondary N) is 1. The molecule has 2 N–H and O–H groups in total. The van der Waals surface area contributed by atoms with Gasteiger partial charge in [-0.3, -0.25) is 9.48 Å². The number of aliphatic hydroxyl groups excluding tert-OH is 1. The van der Waals surface area contributed by atoms with E-state index in [0.29, 0.717) is 29.6 Å². The number of carbonyl (C=O) groups excluding carboxylic acids is 1. The molecular formula is C25H33ClN6O3Si. The zero-order chi connectivity index (χ0) is 26.5. The number of halogens is 1. The number of benzene rings is 1. The van der Waals surface area contributed by atoms with Crippen LogP contribution in [0.4, 0.5) is 0 Å². The van der Waals surface area contributed by atoms with Gasteiger partial charge in [-0.1, -0.05) is 37.3 Å². The lowest BCUT2D eigenvalue weighted by Crippen LogP contribution is -2.36. The summed E-state index contributed by atoms with van der Waals surface area (Å²) in [4.78, 5) is 17.2. The van der Waals surface area contributed by atoms with Gasteiger partial charge in [-0.05, 0) is 38.1 Å². The van der Waals surface area contributed by atoms with Crippen LogP contribution in [-0.2, 0) is 18.0 Å². The molecule has 2 unspecified atom stereocenters. The molecule has 0 saturated heterocycles. The highest BCUT2D eigenvalue weighted by Gasteiger charge is 2.20. The van der Waals surface area contributed by atoms with E-state index in [1.54, 1.807) is 40.6 Å². The summed E-state index contributed by atoms with van der Waals surface area (Å²) in [7, 11) is -1.21. The standard InChI is InChI=1S/C25H33ClN6O3Si/c1-17(14-32-9-8-22(30-32)19-6-7-20(13-27)21(26)12-19)28-25(34)23-15-31(24(29-23)18(2)33)16-35-10-11-36(3,4)5/h6-9,12,15,17-18,33H,10-11,14,16H2,1-5H3,(H,28,34). The van der Waals surface area contributed by atoms with Crippen molar-refractivity contribution < 1.29 is 14.6 Å². The molecule has 2 aromatic heterocycles. The van der Waals surface area contributed by atoms with Gasteiger partial charge in [-0.2, -0.15) is 10.4 Å². The lowest BCUT2D eigenvalue weighted by Gasteiger charge is -2.16. The smallest absolute Gasteiger partial charge is 0.271 e. The van der Waals surface area contributed by atoms with Crippen LogP contribution in [0.2, 0.25) is 30.7 Å². The third kappa shape index (κ3) is 7.51. The lowest BCUT2D eigenvalue weighted by molar-refractivity contribution is 0.0769. The predicted octanol–water partition coefficient (Wildman–Crippen LogP) is 4.46.